The smallest absolute Gasteiger partial charge is 0.186 e. The first kappa shape index (κ1) is 18.6. The van der Waals surface area contributed by atoms with Gasteiger partial charge in [0, 0.05) is 0 Å². The average molecular weight is 484 g/mol. The molecule has 0 unspecified atom stereocenters. The summed E-state index contributed by atoms with van der Waals surface area (Å²) in [7, 11) is 0. The molecule has 3 fully saturated rings. The number of ether oxygens (including phenoxy) is 4. The summed E-state index contributed by atoms with van der Waals surface area (Å²) in [6, 6.07) is 20.2. The van der Waals surface area contributed by atoms with Gasteiger partial charge in [-0.15, -0.1) is 0 Å². The van der Waals surface area contributed by atoms with Crippen LogP contribution in [0.5, 0.6) is 0 Å². The standard InChI is InChI=1S/C20H20Br2O4/c21-20(22)18-17(24-12-15-9-5-2-6-10-15)16(25-19(20)26-18)13-23-11-14-7-3-1-4-8-14/h1-10,16-19H,11-13H2/t16-,17-,18+,19+/m1/s1. The van der Waals surface area contributed by atoms with E-state index in [4.69, 9.17) is 18.9 Å². The molecule has 2 bridgehead atoms. The Balaban J connectivity index is 1.37. The maximum absolute atomic E-state index is 6.18. The highest BCUT2D eigenvalue weighted by molar-refractivity contribution is 9.25. The van der Waals surface area contributed by atoms with Gasteiger partial charge < -0.3 is 18.9 Å². The molecule has 0 aliphatic carbocycles. The zero-order valence-electron chi connectivity index (χ0n) is 14.1. The van der Waals surface area contributed by atoms with E-state index in [2.05, 4.69) is 31.9 Å². The maximum atomic E-state index is 6.18. The van der Waals surface area contributed by atoms with E-state index in [1.54, 1.807) is 0 Å². The summed E-state index contributed by atoms with van der Waals surface area (Å²) in [5, 5.41) is 0. The van der Waals surface area contributed by atoms with Crippen LogP contribution in [0.25, 0.3) is 0 Å². The van der Waals surface area contributed by atoms with Gasteiger partial charge in [-0.3, -0.25) is 0 Å². The van der Waals surface area contributed by atoms with Crippen molar-refractivity contribution in [2.45, 2.75) is 41.0 Å². The summed E-state index contributed by atoms with van der Waals surface area (Å²) < 4.78 is 23.5. The largest absolute Gasteiger partial charge is 0.374 e. The second-order valence-electron chi connectivity index (χ2n) is 6.50. The van der Waals surface area contributed by atoms with Crippen molar-refractivity contribution in [3.63, 3.8) is 0 Å². The van der Waals surface area contributed by atoms with Crippen LogP contribution >= 0.6 is 31.9 Å². The van der Waals surface area contributed by atoms with Crippen LogP contribution in [0.3, 0.4) is 0 Å². The van der Waals surface area contributed by atoms with E-state index in [9.17, 15) is 0 Å². The first-order valence-electron chi connectivity index (χ1n) is 8.60. The van der Waals surface area contributed by atoms with E-state index in [1.807, 2.05) is 60.7 Å². The fourth-order valence-electron chi connectivity index (χ4n) is 3.19. The molecule has 3 heterocycles. The molecule has 5 rings (SSSR count). The molecule has 0 radical (unpaired) electrons. The van der Waals surface area contributed by atoms with Crippen molar-refractivity contribution in [3.05, 3.63) is 71.8 Å². The predicted octanol–water partition coefficient (Wildman–Crippen LogP) is 4.40. The number of benzene rings is 2. The second-order valence-corrected chi connectivity index (χ2v) is 10.2. The van der Waals surface area contributed by atoms with Crippen molar-refractivity contribution >= 4 is 31.9 Å². The van der Waals surface area contributed by atoms with E-state index in [0.29, 0.717) is 19.8 Å². The van der Waals surface area contributed by atoms with Crippen LogP contribution in [0, 0.1) is 0 Å². The van der Waals surface area contributed by atoms with Crippen LogP contribution in [0.15, 0.2) is 60.7 Å². The van der Waals surface area contributed by atoms with E-state index >= 15 is 0 Å². The normalized spacial score (nSPS) is 29.2. The fourth-order valence-corrected chi connectivity index (χ4v) is 4.36. The van der Waals surface area contributed by atoms with Crippen LogP contribution in [-0.4, -0.2) is 34.4 Å². The number of fused-ring (bicyclic) bond motifs is 2. The molecule has 3 aliphatic heterocycles. The minimum Gasteiger partial charge on any atom is -0.374 e. The molecule has 0 N–H and O–H groups in total. The quantitative estimate of drug-likeness (QED) is 0.547. The van der Waals surface area contributed by atoms with E-state index in [1.165, 1.54) is 0 Å². The zero-order valence-corrected chi connectivity index (χ0v) is 17.3. The highest BCUT2D eigenvalue weighted by atomic mass is 79.9. The number of rotatable bonds is 7. The molecule has 0 spiro atoms. The van der Waals surface area contributed by atoms with Crippen LogP contribution in [0.4, 0.5) is 0 Å². The first-order chi connectivity index (χ1) is 12.6. The van der Waals surface area contributed by atoms with E-state index in [-0.39, 0.29) is 24.6 Å². The Bertz CT molecular complexity index is 710. The molecule has 3 aliphatic rings. The monoisotopic (exact) mass is 482 g/mol. The van der Waals surface area contributed by atoms with Gasteiger partial charge in [-0.05, 0) is 11.1 Å². The SMILES string of the molecule is BrC1(Br)[C@H]2O[C@H](COCc3ccccc3)[C@@H](OCc3ccccc3)[C@@H]1O2. The summed E-state index contributed by atoms with van der Waals surface area (Å²) >= 11 is 7.30. The van der Waals surface area contributed by atoms with Crippen LogP contribution < -0.4 is 0 Å². The molecule has 26 heavy (non-hydrogen) atoms. The molecule has 0 saturated carbocycles. The Labute approximate surface area is 170 Å². The lowest BCUT2D eigenvalue weighted by Gasteiger charge is -2.57. The van der Waals surface area contributed by atoms with Gasteiger partial charge in [0.1, 0.15) is 18.3 Å². The minimum absolute atomic E-state index is 0.129. The molecule has 0 amide bonds. The summed E-state index contributed by atoms with van der Waals surface area (Å²) in [5.41, 5.74) is 2.26. The van der Waals surface area contributed by atoms with Crippen molar-refractivity contribution in [1.29, 1.82) is 0 Å². The number of alkyl halides is 2. The highest BCUT2D eigenvalue weighted by Crippen LogP contribution is 2.53. The van der Waals surface area contributed by atoms with Gasteiger partial charge in [0.2, 0.25) is 0 Å². The Kier molecular flexibility index (Phi) is 5.78. The third kappa shape index (κ3) is 3.91. The fraction of sp³-hybridized carbons (Fsp3) is 0.400. The summed E-state index contributed by atoms with van der Waals surface area (Å²) in [6.45, 7) is 1.52. The molecule has 2 aromatic carbocycles. The van der Waals surface area contributed by atoms with Gasteiger partial charge in [-0.1, -0.05) is 92.5 Å². The van der Waals surface area contributed by atoms with Crippen molar-refractivity contribution in [2.24, 2.45) is 0 Å². The first-order valence-corrected chi connectivity index (χ1v) is 10.2. The molecular formula is C20H20Br2O4. The molecule has 138 valence electrons. The third-order valence-electron chi connectivity index (χ3n) is 4.61. The molecule has 3 saturated heterocycles. The van der Waals surface area contributed by atoms with Gasteiger partial charge in [0.25, 0.3) is 0 Å². The molecule has 6 heteroatoms. The molecular weight excluding hydrogens is 464 g/mol. The molecule has 4 nitrogen and oxygen atoms in total. The van der Waals surface area contributed by atoms with Crippen molar-refractivity contribution in [3.8, 4) is 0 Å². The van der Waals surface area contributed by atoms with E-state index < -0.39 is 3.23 Å². The Morgan fingerprint density at radius 3 is 2.08 bits per heavy atom. The van der Waals surface area contributed by atoms with Gasteiger partial charge in [0.05, 0.1) is 19.8 Å². The van der Waals surface area contributed by atoms with Crippen LogP contribution in [-0.2, 0) is 32.2 Å². The lowest BCUT2D eigenvalue weighted by Crippen LogP contribution is -2.72. The summed E-state index contributed by atoms with van der Waals surface area (Å²) in [5.74, 6) is 0. The topological polar surface area (TPSA) is 36.9 Å². The molecule has 4 atom stereocenters. The lowest BCUT2D eigenvalue weighted by molar-refractivity contribution is -0.369. The van der Waals surface area contributed by atoms with Gasteiger partial charge in [0.15, 0.2) is 9.52 Å². The summed E-state index contributed by atoms with van der Waals surface area (Å²) in [4.78, 5) is 0. The third-order valence-corrected chi connectivity index (χ3v) is 6.26. The minimum atomic E-state index is -0.405. The average Bonchev–Trinajstić information content (AvgIpc) is 2.68. The maximum Gasteiger partial charge on any atom is 0.186 e. The second kappa shape index (κ2) is 8.09. The number of halogens is 2. The highest BCUT2D eigenvalue weighted by Gasteiger charge is 2.65. The van der Waals surface area contributed by atoms with Gasteiger partial charge >= 0.3 is 0 Å². The molecule has 2 aromatic rings. The summed E-state index contributed by atoms with van der Waals surface area (Å²) in [6.07, 6.45) is -0.867. The Morgan fingerprint density at radius 2 is 1.46 bits per heavy atom. The van der Waals surface area contributed by atoms with Gasteiger partial charge in [-0.25, -0.2) is 0 Å². The van der Waals surface area contributed by atoms with Crippen molar-refractivity contribution < 1.29 is 18.9 Å². The predicted molar refractivity (Wildman–Crippen MR) is 105 cm³/mol. The van der Waals surface area contributed by atoms with Crippen molar-refractivity contribution in [2.75, 3.05) is 6.61 Å². The van der Waals surface area contributed by atoms with Gasteiger partial charge in [-0.2, -0.15) is 0 Å². The lowest BCUT2D eigenvalue weighted by atomic mass is 9.96. The zero-order chi connectivity index (χ0) is 18.0. The number of hydrogen-bond acceptors (Lipinski definition) is 4. The Hall–Kier alpha value is -0.760. The Morgan fingerprint density at radius 1 is 0.846 bits per heavy atom. The molecule has 0 aromatic heterocycles. The van der Waals surface area contributed by atoms with Crippen LogP contribution in [0.1, 0.15) is 11.1 Å². The van der Waals surface area contributed by atoms with Crippen molar-refractivity contribution in [1.82, 2.24) is 0 Å². The van der Waals surface area contributed by atoms with E-state index in [0.717, 1.165) is 11.1 Å². The van der Waals surface area contributed by atoms with Crippen LogP contribution in [0.2, 0.25) is 0 Å². The number of hydrogen-bond donors (Lipinski definition) is 0.